The molecule has 220 valence electrons. The first kappa shape index (κ1) is 28.5. The Kier molecular flexibility index (Phi) is 6.93. The monoisotopic (exact) mass is 757 g/mol. The van der Waals surface area contributed by atoms with Crippen LogP contribution in [0.25, 0.3) is 0 Å². The molecule has 1 aliphatic carbocycles. The van der Waals surface area contributed by atoms with Crippen LogP contribution in [0.4, 0.5) is 17.2 Å². The van der Waals surface area contributed by atoms with Crippen molar-refractivity contribution < 1.29 is 30.5 Å². The molecule has 0 bridgehead atoms. The molecule has 6 nitrogen and oxygen atoms in total. The van der Waals surface area contributed by atoms with Gasteiger partial charge in [-0.3, -0.25) is 0 Å². The number of rotatable bonds is 4. The number of hydrogen-bond acceptors (Lipinski definition) is 6. The molecule has 5 aromatic rings. The quantitative estimate of drug-likeness (QED) is 0.174. The molecule has 0 saturated carbocycles. The number of para-hydroxylation sites is 1. The maximum atomic E-state index is 6.36. The number of anilines is 3. The van der Waals surface area contributed by atoms with Gasteiger partial charge in [0.05, 0.1) is 0 Å². The molecule has 4 heterocycles. The molecular formula is C37H30N4O2Pt. The van der Waals surface area contributed by atoms with Gasteiger partial charge in [-0.25, -0.2) is 9.97 Å². The largest absolute Gasteiger partial charge is 2.00 e. The Bertz CT molecular complexity index is 1900. The number of nitrogens with zero attached hydrogens (tertiary/aromatic N) is 4. The Hall–Kier alpha value is -4.28. The standard InChI is InChI=1S/C37H30N4O2.Pt/c1-22-16-26(41-31-14-8-7-12-29(31)37(3,4)30-13-9-15-38-35(30)41)21-27(17-22)42-33-20-25(18-23(2)39-33)36-40-34-28-11-6-5-10-24(28)19-32(34)43-36;/h5-18,32,34H,19H2,1-4H3;/q-2;+2/t32-,34+;/m0./s1. The van der Waals surface area contributed by atoms with E-state index in [1.807, 2.05) is 31.3 Å². The summed E-state index contributed by atoms with van der Waals surface area (Å²) >= 11 is 0. The molecule has 0 N–H and O–H groups in total. The van der Waals surface area contributed by atoms with Crippen molar-refractivity contribution in [1.29, 1.82) is 0 Å². The maximum Gasteiger partial charge on any atom is 2.00 e. The smallest absolute Gasteiger partial charge is 0.528 e. The summed E-state index contributed by atoms with van der Waals surface area (Å²) in [6, 6.07) is 33.9. The van der Waals surface area contributed by atoms with Gasteiger partial charge in [-0.15, -0.1) is 35.9 Å². The first-order valence-electron chi connectivity index (χ1n) is 14.7. The summed E-state index contributed by atoms with van der Waals surface area (Å²) in [5.41, 5.74) is 9.25. The van der Waals surface area contributed by atoms with E-state index in [0.29, 0.717) is 17.5 Å². The Balaban J connectivity index is 0.00000312. The minimum Gasteiger partial charge on any atom is -0.528 e. The topological polar surface area (TPSA) is 59.8 Å². The van der Waals surface area contributed by atoms with Crippen LogP contribution in [0, 0.1) is 26.0 Å². The molecule has 3 aromatic carbocycles. The van der Waals surface area contributed by atoms with E-state index < -0.39 is 0 Å². The average Bonchev–Trinajstić information content (AvgIpc) is 3.56. The van der Waals surface area contributed by atoms with E-state index in [-0.39, 0.29) is 38.6 Å². The van der Waals surface area contributed by atoms with Gasteiger partial charge in [0.25, 0.3) is 0 Å². The van der Waals surface area contributed by atoms with Crippen LogP contribution in [0.1, 0.15) is 59.0 Å². The molecule has 2 aromatic heterocycles. The number of fused-ring (bicyclic) bond motifs is 5. The van der Waals surface area contributed by atoms with Gasteiger partial charge in [-0.2, -0.15) is 5.56 Å². The average molecular weight is 758 g/mol. The van der Waals surface area contributed by atoms with Crippen LogP contribution >= 0.6 is 0 Å². The van der Waals surface area contributed by atoms with Crippen LogP contribution < -0.4 is 9.64 Å². The van der Waals surface area contributed by atoms with Gasteiger partial charge in [0, 0.05) is 35.0 Å². The molecule has 0 unspecified atom stereocenters. The van der Waals surface area contributed by atoms with Gasteiger partial charge in [-0.05, 0) is 41.4 Å². The predicted octanol–water partition coefficient (Wildman–Crippen LogP) is 8.04. The SMILES string of the molecule is Cc1cc(Oc2[c-]c(C3=N[C@@H]4c5ccccc5C[C@@H]4O3)cc(C)n2)[c-]c(N2c3ccccc3C(C)(C)c3cccnc32)c1.[Pt+2]. The minimum atomic E-state index is -0.192. The minimum absolute atomic E-state index is 0. The summed E-state index contributed by atoms with van der Waals surface area (Å²) in [6.45, 7) is 8.49. The fourth-order valence-corrected chi connectivity index (χ4v) is 6.68. The molecule has 0 amide bonds. The van der Waals surface area contributed by atoms with E-state index in [2.05, 4.69) is 103 Å². The Morgan fingerprint density at radius 1 is 0.932 bits per heavy atom. The van der Waals surface area contributed by atoms with Crippen LogP contribution in [0.2, 0.25) is 0 Å². The van der Waals surface area contributed by atoms with Gasteiger partial charge < -0.3 is 19.4 Å². The molecule has 3 aliphatic rings. The van der Waals surface area contributed by atoms with Crippen molar-refractivity contribution in [3.05, 3.63) is 136 Å². The Morgan fingerprint density at radius 2 is 1.73 bits per heavy atom. The summed E-state index contributed by atoms with van der Waals surface area (Å²) in [5.74, 6) is 2.38. The molecular weight excluding hydrogens is 728 g/mol. The molecule has 0 spiro atoms. The third-order valence-corrected chi connectivity index (χ3v) is 8.68. The van der Waals surface area contributed by atoms with E-state index in [1.54, 1.807) is 0 Å². The van der Waals surface area contributed by atoms with Crippen LogP contribution in [-0.4, -0.2) is 22.0 Å². The summed E-state index contributed by atoms with van der Waals surface area (Å²) in [6.07, 6.45) is 2.72. The number of aliphatic imine (C=N–C) groups is 1. The van der Waals surface area contributed by atoms with Crippen molar-refractivity contribution in [2.75, 3.05) is 4.90 Å². The molecule has 0 saturated heterocycles. The van der Waals surface area contributed by atoms with Gasteiger partial charge >= 0.3 is 21.1 Å². The first-order chi connectivity index (χ1) is 20.8. The van der Waals surface area contributed by atoms with Crippen LogP contribution in [0.5, 0.6) is 11.6 Å². The van der Waals surface area contributed by atoms with Crippen molar-refractivity contribution in [2.45, 2.75) is 51.7 Å². The van der Waals surface area contributed by atoms with Crippen LogP contribution in [-0.2, 0) is 37.6 Å². The number of pyridine rings is 2. The van der Waals surface area contributed by atoms with E-state index in [0.717, 1.165) is 46.0 Å². The second kappa shape index (κ2) is 10.7. The molecule has 44 heavy (non-hydrogen) atoms. The van der Waals surface area contributed by atoms with Gasteiger partial charge in [0.1, 0.15) is 23.9 Å². The molecule has 8 rings (SSSR count). The van der Waals surface area contributed by atoms with Crippen molar-refractivity contribution in [3.8, 4) is 11.6 Å². The second-order valence-corrected chi connectivity index (χ2v) is 12.0. The molecule has 2 atom stereocenters. The Morgan fingerprint density at radius 3 is 2.61 bits per heavy atom. The third-order valence-electron chi connectivity index (χ3n) is 8.68. The Labute approximate surface area is 272 Å². The normalized spacial score (nSPS) is 18.6. The number of hydrogen-bond donors (Lipinski definition) is 0. The van der Waals surface area contributed by atoms with Crippen LogP contribution in [0.15, 0.2) is 90.1 Å². The summed E-state index contributed by atoms with van der Waals surface area (Å²) in [5, 5.41) is 0. The van der Waals surface area contributed by atoms with E-state index >= 15 is 0 Å². The molecule has 7 heteroatoms. The third kappa shape index (κ3) is 4.64. The van der Waals surface area contributed by atoms with E-state index in [9.17, 15) is 0 Å². The summed E-state index contributed by atoms with van der Waals surface area (Å²) < 4.78 is 12.7. The zero-order valence-corrected chi connectivity index (χ0v) is 27.1. The predicted molar refractivity (Wildman–Crippen MR) is 167 cm³/mol. The number of aryl methyl sites for hydroxylation is 2. The zero-order valence-electron chi connectivity index (χ0n) is 24.9. The van der Waals surface area contributed by atoms with Crippen LogP contribution in [0.3, 0.4) is 0 Å². The van der Waals surface area contributed by atoms with Gasteiger partial charge in [-0.1, -0.05) is 75.0 Å². The number of aromatic nitrogens is 2. The molecule has 0 fully saturated rings. The first-order valence-corrected chi connectivity index (χ1v) is 14.7. The van der Waals surface area contributed by atoms with Gasteiger partial charge in [0.2, 0.25) is 0 Å². The van der Waals surface area contributed by atoms with E-state index in [1.165, 1.54) is 16.7 Å². The second-order valence-electron chi connectivity index (χ2n) is 12.0. The fraction of sp³-hybridized carbons (Fsp3) is 0.216. The zero-order chi connectivity index (χ0) is 29.3. The van der Waals surface area contributed by atoms with Gasteiger partial charge in [0.15, 0.2) is 5.88 Å². The summed E-state index contributed by atoms with van der Waals surface area (Å²) in [4.78, 5) is 16.6. The summed E-state index contributed by atoms with van der Waals surface area (Å²) in [7, 11) is 0. The molecule has 2 aliphatic heterocycles. The van der Waals surface area contributed by atoms with E-state index in [4.69, 9.17) is 19.5 Å². The van der Waals surface area contributed by atoms with Crippen molar-refractivity contribution in [1.82, 2.24) is 9.97 Å². The van der Waals surface area contributed by atoms with Crippen molar-refractivity contribution in [3.63, 3.8) is 0 Å². The van der Waals surface area contributed by atoms with Crippen molar-refractivity contribution in [2.24, 2.45) is 4.99 Å². The number of benzene rings is 3. The van der Waals surface area contributed by atoms with Crippen molar-refractivity contribution >= 4 is 23.1 Å². The fourth-order valence-electron chi connectivity index (χ4n) is 6.68. The number of ether oxygens (including phenoxy) is 2. The molecule has 0 radical (unpaired) electrons. The maximum absolute atomic E-state index is 6.36.